The summed E-state index contributed by atoms with van der Waals surface area (Å²) in [5.41, 5.74) is 1.89. The number of morpholine rings is 1. The molecule has 3 rings (SSSR count). The Morgan fingerprint density at radius 2 is 1.58 bits per heavy atom. The van der Waals surface area contributed by atoms with E-state index in [9.17, 15) is 4.79 Å². The quantitative estimate of drug-likeness (QED) is 0.875. The van der Waals surface area contributed by atoms with Crippen LogP contribution < -0.4 is 10.6 Å². The molecule has 0 saturated carbocycles. The predicted octanol–water partition coefficient (Wildman–Crippen LogP) is 3.19. The first-order valence-electron chi connectivity index (χ1n) is 7.77. The number of carbonyl (C=O) groups excluding carboxylic acids is 1. The molecule has 1 saturated heterocycles. The molecule has 0 aliphatic carbocycles. The first kappa shape index (κ1) is 17.2. The van der Waals surface area contributed by atoms with Crippen LogP contribution in [0.15, 0.2) is 48.5 Å². The fourth-order valence-corrected chi connectivity index (χ4v) is 2.89. The van der Waals surface area contributed by atoms with E-state index in [0.29, 0.717) is 23.2 Å². The van der Waals surface area contributed by atoms with Crippen LogP contribution in [-0.2, 0) is 9.53 Å². The molecule has 0 bridgehead atoms. The van der Waals surface area contributed by atoms with Crippen molar-refractivity contribution < 1.29 is 9.53 Å². The van der Waals surface area contributed by atoms with Crippen molar-refractivity contribution in [1.29, 1.82) is 0 Å². The molecule has 1 fully saturated rings. The zero-order chi connectivity index (χ0) is 16.9. The van der Waals surface area contributed by atoms with Gasteiger partial charge in [0.15, 0.2) is 0 Å². The van der Waals surface area contributed by atoms with Crippen LogP contribution in [0.1, 0.15) is 17.2 Å². The van der Waals surface area contributed by atoms with Gasteiger partial charge in [0.05, 0.1) is 12.6 Å². The van der Waals surface area contributed by atoms with E-state index in [4.69, 9.17) is 27.9 Å². The van der Waals surface area contributed by atoms with Gasteiger partial charge >= 0.3 is 0 Å². The lowest BCUT2D eigenvalue weighted by atomic mass is 9.98. The van der Waals surface area contributed by atoms with Crippen LogP contribution in [0.25, 0.3) is 0 Å². The summed E-state index contributed by atoms with van der Waals surface area (Å²) < 4.78 is 5.53. The fourth-order valence-electron chi connectivity index (χ4n) is 2.64. The molecule has 1 unspecified atom stereocenters. The summed E-state index contributed by atoms with van der Waals surface area (Å²) in [7, 11) is 0. The smallest absolute Gasteiger partial charge is 0.251 e. The lowest BCUT2D eigenvalue weighted by Gasteiger charge is -2.26. The number of hydrogen-bond donors (Lipinski definition) is 2. The van der Waals surface area contributed by atoms with Crippen LogP contribution in [0, 0.1) is 0 Å². The monoisotopic (exact) mass is 364 g/mol. The summed E-state index contributed by atoms with van der Waals surface area (Å²) in [5, 5.41) is 7.54. The first-order valence-corrected chi connectivity index (χ1v) is 8.53. The summed E-state index contributed by atoms with van der Waals surface area (Å²) in [4.78, 5) is 12.6. The van der Waals surface area contributed by atoms with Crippen molar-refractivity contribution in [1.82, 2.24) is 10.6 Å². The van der Waals surface area contributed by atoms with Gasteiger partial charge in [-0.05, 0) is 35.4 Å². The molecular formula is C18H18Cl2N2O2. The molecule has 1 aliphatic rings. The minimum absolute atomic E-state index is 0.142. The van der Waals surface area contributed by atoms with Crippen LogP contribution in [0.4, 0.5) is 0 Å². The van der Waals surface area contributed by atoms with E-state index in [1.807, 2.05) is 48.5 Å². The minimum Gasteiger partial charge on any atom is -0.366 e. The second-order valence-corrected chi connectivity index (χ2v) is 6.48. The second-order valence-electron chi connectivity index (χ2n) is 5.61. The van der Waals surface area contributed by atoms with Gasteiger partial charge in [0.25, 0.3) is 5.91 Å². The number of nitrogens with one attached hydrogen (secondary N) is 2. The Labute approximate surface area is 151 Å². The molecule has 0 radical (unpaired) electrons. The molecule has 126 valence electrons. The van der Waals surface area contributed by atoms with E-state index in [0.717, 1.165) is 17.7 Å². The molecule has 24 heavy (non-hydrogen) atoms. The van der Waals surface area contributed by atoms with Gasteiger partial charge in [-0.2, -0.15) is 0 Å². The van der Waals surface area contributed by atoms with Gasteiger partial charge in [0.2, 0.25) is 0 Å². The second kappa shape index (κ2) is 7.99. The topological polar surface area (TPSA) is 50.4 Å². The highest BCUT2D eigenvalue weighted by molar-refractivity contribution is 6.30. The van der Waals surface area contributed by atoms with Crippen molar-refractivity contribution in [3.05, 3.63) is 69.7 Å². The third kappa shape index (κ3) is 4.28. The summed E-state index contributed by atoms with van der Waals surface area (Å²) >= 11 is 12.0. The molecule has 0 spiro atoms. The van der Waals surface area contributed by atoms with Gasteiger partial charge in [-0.1, -0.05) is 47.5 Å². The maximum atomic E-state index is 12.6. The van der Waals surface area contributed by atoms with Crippen LogP contribution in [0.2, 0.25) is 10.0 Å². The molecule has 2 aromatic rings. The van der Waals surface area contributed by atoms with Crippen molar-refractivity contribution in [3.8, 4) is 0 Å². The number of halogens is 2. The van der Waals surface area contributed by atoms with E-state index in [1.54, 1.807) is 0 Å². The summed E-state index contributed by atoms with van der Waals surface area (Å²) in [6, 6.07) is 14.6. The highest BCUT2D eigenvalue weighted by Gasteiger charge is 2.25. The van der Waals surface area contributed by atoms with E-state index in [2.05, 4.69) is 10.6 Å². The Morgan fingerprint density at radius 1 is 1.04 bits per heavy atom. The van der Waals surface area contributed by atoms with E-state index in [1.165, 1.54) is 0 Å². The van der Waals surface area contributed by atoms with Crippen LogP contribution in [-0.4, -0.2) is 31.7 Å². The molecule has 4 nitrogen and oxygen atoms in total. The van der Waals surface area contributed by atoms with Gasteiger partial charge in [0, 0.05) is 23.1 Å². The highest BCUT2D eigenvalue weighted by atomic mass is 35.5. The molecule has 1 atom stereocenters. The zero-order valence-electron chi connectivity index (χ0n) is 13.0. The third-order valence-corrected chi connectivity index (χ3v) is 4.42. The molecule has 0 aromatic heterocycles. The summed E-state index contributed by atoms with van der Waals surface area (Å²) in [6.45, 7) is 1.81. The molecule has 6 heteroatoms. The summed E-state index contributed by atoms with van der Waals surface area (Å²) in [6.07, 6.45) is -0.485. The van der Waals surface area contributed by atoms with Crippen molar-refractivity contribution >= 4 is 29.1 Å². The highest BCUT2D eigenvalue weighted by Crippen LogP contribution is 2.25. The third-order valence-electron chi connectivity index (χ3n) is 3.91. The standard InChI is InChI=1S/C18H18Cl2N2O2/c19-14-5-1-12(2-6-14)17(13-3-7-15(20)8-4-13)22-18(23)16-11-21-9-10-24-16/h1-8,16-17,21H,9-11H2,(H,22,23). The fraction of sp³-hybridized carbons (Fsp3) is 0.278. The van der Waals surface area contributed by atoms with Gasteiger partial charge in [-0.15, -0.1) is 0 Å². The molecule has 2 aromatic carbocycles. The van der Waals surface area contributed by atoms with E-state index < -0.39 is 6.10 Å². The zero-order valence-corrected chi connectivity index (χ0v) is 14.5. The maximum Gasteiger partial charge on any atom is 0.251 e. The largest absolute Gasteiger partial charge is 0.366 e. The number of rotatable bonds is 4. The first-order chi connectivity index (χ1) is 11.6. The van der Waals surface area contributed by atoms with Gasteiger partial charge in [-0.3, -0.25) is 4.79 Å². The molecule has 1 aliphatic heterocycles. The Morgan fingerprint density at radius 3 is 2.04 bits per heavy atom. The van der Waals surface area contributed by atoms with Gasteiger partial charge in [0.1, 0.15) is 6.10 Å². The van der Waals surface area contributed by atoms with Crippen LogP contribution in [0.5, 0.6) is 0 Å². The van der Waals surface area contributed by atoms with Gasteiger partial charge in [-0.25, -0.2) is 0 Å². The van der Waals surface area contributed by atoms with Crippen molar-refractivity contribution in [2.24, 2.45) is 0 Å². The molecule has 1 heterocycles. The van der Waals surface area contributed by atoms with Crippen molar-refractivity contribution in [2.45, 2.75) is 12.1 Å². The predicted molar refractivity (Wildman–Crippen MR) is 95.5 cm³/mol. The number of benzene rings is 2. The normalized spacial score (nSPS) is 17.7. The Balaban J connectivity index is 1.85. The number of amides is 1. The minimum atomic E-state index is -0.485. The van der Waals surface area contributed by atoms with Gasteiger partial charge < -0.3 is 15.4 Å². The number of ether oxygens (including phenoxy) is 1. The van der Waals surface area contributed by atoms with E-state index >= 15 is 0 Å². The van der Waals surface area contributed by atoms with Crippen molar-refractivity contribution in [3.63, 3.8) is 0 Å². The Hall–Kier alpha value is -1.59. The Bertz CT molecular complexity index is 638. The molecule has 1 amide bonds. The van der Waals surface area contributed by atoms with E-state index in [-0.39, 0.29) is 11.9 Å². The Kier molecular flexibility index (Phi) is 5.74. The number of carbonyl (C=O) groups is 1. The molecular weight excluding hydrogens is 347 g/mol. The lowest BCUT2D eigenvalue weighted by Crippen LogP contribution is -2.48. The summed E-state index contributed by atoms with van der Waals surface area (Å²) in [5.74, 6) is -0.142. The maximum absolute atomic E-state index is 12.6. The average molecular weight is 365 g/mol. The molecule has 2 N–H and O–H groups in total. The number of hydrogen-bond acceptors (Lipinski definition) is 3. The van der Waals surface area contributed by atoms with Crippen LogP contribution >= 0.6 is 23.2 Å². The average Bonchev–Trinajstić information content (AvgIpc) is 2.62. The SMILES string of the molecule is O=C(NC(c1ccc(Cl)cc1)c1ccc(Cl)cc1)C1CNCCO1. The lowest BCUT2D eigenvalue weighted by molar-refractivity contribution is -0.134. The van der Waals surface area contributed by atoms with Crippen molar-refractivity contribution in [2.75, 3.05) is 19.7 Å². The van der Waals surface area contributed by atoms with Crippen LogP contribution in [0.3, 0.4) is 0 Å².